The minimum atomic E-state index is -4.47. The van der Waals surface area contributed by atoms with Crippen molar-refractivity contribution >= 4 is 5.82 Å². The third-order valence-electron chi connectivity index (χ3n) is 5.23. The van der Waals surface area contributed by atoms with E-state index in [0.29, 0.717) is 43.1 Å². The molecule has 0 N–H and O–H groups in total. The predicted octanol–water partition coefficient (Wildman–Crippen LogP) is 5.16. The maximum Gasteiger partial charge on any atom is 0.417 e. The van der Waals surface area contributed by atoms with Gasteiger partial charge in [0, 0.05) is 44.7 Å². The molecular formula is C21H23F6N3O2. The Morgan fingerprint density at radius 3 is 2.16 bits per heavy atom. The molecule has 0 atom stereocenters. The van der Waals surface area contributed by atoms with Gasteiger partial charge in [-0.3, -0.25) is 0 Å². The SMILES string of the molecule is CON(C)Cc1cc(C(F)(F)F)ccc1OC1CCN(c2ccc(C(F)(F)F)cn2)CC1. The first kappa shape index (κ1) is 24.1. The van der Waals surface area contributed by atoms with Gasteiger partial charge in [-0.05, 0) is 30.3 Å². The number of aromatic nitrogens is 1. The molecule has 1 aliphatic heterocycles. The maximum atomic E-state index is 13.1. The summed E-state index contributed by atoms with van der Waals surface area (Å²) < 4.78 is 83.4. The lowest BCUT2D eigenvalue weighted by molar-refractivity contribution is -0.138. The van der Waals surface area contributed by atoms with Gasteiger partial charge in [-0.25, -0.2) is 4.98 Å². The number of alkyl halides is 6. The lowest BCUT2D eigenvalue weighted by Gasteiger charge is -2.33. The fourth-order valence-corrected chi connectivity index (χ4v) is 3.42. The molecule has 0 aliphatic carbocycles. The molecule has 1 fully saturated rings. The van der Waals surface area contributed by atoms with E-state index in [4.69, 9.17) is 9.57 Å². The zero-order valence-corrected chi connectivity index (χ0v) is 17.5. The fraction of sp³-hybridized carbons (Fsp3) is 0.476. The topological polar surface area (TPSA) is 37.8 Å². The molecule has 0 spiro atoms. The van der Waals surface area contributed by atoms with E-state index in [-0.39, 0.29) is 12.6 Å². The second kappa shape index (κ2) is 9.53. The van der Waals surface area contributed by atoms with Crippen molar-refractivity contribution in [3.63, 3.8) is 0 Å². The van der Waals surface area contributed by atoms with Crippen molar-refractivity contribution in [2.24, 2.45) is 0 Å². The first-order chi connectivity index (χ1) is 15.0. The Labute approximate surface area is 181 Å². The Kier molecular flexibility index (Phi) is 7.19. The molecule has 32 heavy (non-hydrogen) atoms. The number of piperidine rings is 1. The van der Waals surface area contributed by atoms with Gasteiger partial charge in [-0.1, -0.05) is 0 Å². The Bertz CT molecular complexity index is 894. The molecule has 2 aromatic rings. The number of rotatable bonds is 6. The zero-order chi connectivity index (χ0) is 23.5. The minimum Gasteiger partial charge on any atom is -0.490 e. The van der Waals surface area contributed by atoms with Crippen molar-refractivity contribution in [3.05, 3.63) is 53.2 Å². The van der Waals surface area contributed by atoms with E-state index in [0.717, 1.165) is 24.4 Å². The number of hydrogen-bond donors (Lipinski definition) is 0. The summed E-state index contributed by atoms with van der Waals surface area (Å²) in [6.45, 7) is 1.10. The number of halogens is 6. The highest BCUT2D eigenvalue weighted by molar-refractivity contribution is 5.41. The third kappa shape index (κ3) is 6.04. The van der Waals surface area contributed by atoms with Gasteiger partial charge in [0.1, 0.15) is 17.7 Å². The van der Waals surface area contributed by atoms with Gasteiger partial charge in [-0.15, -0.1) is 0 Å². The number of pyridine rings is 1. The lowest BCUT2D eigenvalue weighted by Crippen LogP contribution is -2.38. The lowest BCUT2D eigenvalue weighted by atomic mass is 10.1. The summed E-state index contributed by atoms with van der Waals surface area (Å²) in [7, 11) is 3.01. The third-order valence-corrected chi connectivity index (χ3v) is 5.23. The van der Waals surface area contributed by atoms with Crippen molar-refractivity contribution in [2.75, 3.05) is 32.1 Å². The van der Waals surface area contributed by atoms with Gasteiger partial charge in [0.05, 0.1) is 24.8 Å². The second-order valence-corrected chi connectivity index (χ2v) is 7.50. The quantitative estimate of drug-likeness (QED) is 0.437. The Morgan fingerprint density at radius 1 is 1.00 bits per heavy atom. The standard InChI is InChI=1S/C21H23F6N3O2/c1-29(31-2)13-14-11-15(20(22,23)24)3-5-18(14)32-17-7-9-30(10-8-17)19-6-4-16(12-28-19)21(25,26)27/h3-6,11-12,17H,7-10,13H2,1-2H3. The monoisotopic (exact) mass is 463 g/mol. The van der Waals surface area contributed by atoms with E-state index in [1.807, 2.05) is 4.90 Å². The van der Waals surface area contributed by atoms with Crippen LogP contribution in [0.25, 0.3) is 0 Å². The van der Waals surface area contributed by atoms with Crippen LogP contribution in [0.2, 0.25) is 0 Å². The van der Waals surface area contributed by atoms with E-state index < -0.39 is 23.5 Å². The van der Waals surface area contributed by atoms with E-state index in [9.17, 15) is 26.3 Å². The van der Waals surface area contributed by atoms with Crippen LogP contribution in [0.1, 0.15) is 29.5 Å². The highest BCUT2D eigenvalue weighted by Gasteiger charge is 2.32. The van der Waals surface area contributed by atoms with Crippen LogP contribution in [0, 0.1) is 0 Å². The van der Waals surface area contributed by atoms with Gasteiger partial charge < -0.3 is 14.5 Å². The molecule has 176 valence electrons. The molecule has 11 heteroatoms. The Morgan fingerprint density at radius 2 is 1.62 bits per heavy atom. The minimum absolute atomic E-state index is 0.101. The van der Waals surface area contributed by atoms with Crippen LogP contribution < -0.4 is 9.64 Å². The average Bonchev–Trinajstić information content (AvgIpc) is 2.74. The number of nitrogens with zero attached hydrogens (tertiary/aromatic N) is 3. The van der Waals surface area contributed by atoms with Crippen molar-refractivity contribution in [1.29, 1.82) is 0 Å². The highest BCUT2D eigenvalue weighted by Crippen LogP contribution is 2.34. The van der Waals surface area contributed by atoms with Gasteiger partial charge >= 0.3 is 12.4 Å². The number of anilines is 1. The largest absolute Gasteiger partial charge is 0.490 e. The van der Waals surface area contributed by atoms with Crippen LogP contribution in [0.15, 0.2) is 36.5 Å². The molecule has 5 nitrogen and oxygen atoms in total. The molecule has 0 bridgehead atoms. The molecule has 1 aromatic carbocycles. The van der Waals surface area contributed by atoms with Crippen molar-refractivity contribution in [2.45, 2.75) is 37.8 Å². The summed E-state index contributed by atoms with van der Waals surface area (Å²) in [6.07, 6.45) is -7.27. The molecule has 0 unspecified atom stereocenters. The molecule has 0 saturated carbocycles. The fourth-order valence-electron chi connectivity index (χ4n) is 3.42. The van der Waals surface area contributed by atoms with Gasteiger partial charge in [0.25, 0.3) is 0 Å². The van der Waals surface area contributed by atoms with Crippen LogP contribution in [0.3, 0.4) is 0 Å². The summed E-state index contributed by atoms with van der Waals surface area (Å²) in [5.41, 5.74) is -1.24. The van der Waals surface area contributed by atoms with Crippen LogP contribution in [0.5, 0.6) is 5.75 Å². The van der Waals surface area contributed by atoms with E-state index in [1.165, 1.54) is 24.3 Å². The molecule has 1 saturated heterocycles. The number of ether oxygens (including phenoxy) is 1. The predicted molar refractivity (Wildman–Crippen MR) is 105 cm³/mol. The number of hydroxylamine groups is 2. The van der Waals surface area contributed by atoms with E-state index in [2.05, 4.69) is 4.98 Å². The van der Waals surface area contributed by atoms with Crippen LogP contribution in [0.4, 0.5) is 32.2 Å². The smallest absolute Gasteiger partial charge is 0.417 e. The molecule has 2 heterocycles. The Hall–Kier alpha value is -2.53. The first-order valence-corrected chi connectivity index (χ1v) is 9.87. The van der Waals surface area contributed by atoms with Gasteiger partial charge in [-0.2, -0.15) is 31.4 Å². The molecular weight excluding hydrogens is 440 g/mol. The average molecular weight is 463 g/mol. The normalized spacial score (nSPS) is 16.0. The summed E-state index contributed by atoms with van der Waals surface area (Å²) in [5.74, 6) is 0.779. The molecule has 1 aliphatic rings. The van der Waals surface area contributed by atoms with Gasteiger partial charge in [0.15, 0.2) is 0 Å². The van der Waals surface area contributed by atoms with Crippen LogP contribution >= 0.6 is 0 Å². The van der Waals surface area contributed by atoms with Crippen LogP contribution in [-0.4, -0.2) is 43.4 Å². The highest BCUT2D eigenvalue weighted by atomic mass is 19.4. The van der Waals surface area contributed by atoms with E-state index >= 15 is 0 Å². The van der Waals surface area contributed by atoms with Crippen molar-refractivity contribution < 1.29 is 35.9 Å². The first-order valence-electron chi connectivity index (χ1n) is 9.87. The number of benzene rings is 1. The van der Waals surface area contributed by atoms with E-state index in [1.54, 1.807) is 7.05 Å². The summed E-state index contributed by atoms with van der Waals surface area (Å²) in [5, 5.41) is 1.39. The summed E-state index contributed by atoms with van der Waals surface area (Å²) in [4.78, 5) is 10.8. The van der Waals surface area contributed by atoms with Crippen LogP contribution in [-0.2, 0) is 23.7 Å². The van der Waals surface area contributed by atoms with Crippen molar-refractivity contribution in [1.82, 2.24) is 10.0 Å². The molecule has 1 aromatic heterocycles. The molecule has 3 rings (SSSR count). The van der Waals surface area contributed by atoms with Gasteiger partial charge in [0.2, 0.25) is 0 Å². The molecule has 0 amide bonds. The second-order valence-electron chi connectivity index (χ2n) is 7.50. The summed E-state index contributed by atoms with van der Waals surface area (Å²) in [6, 6.07) is 5.66. The Balaban J connectivity index is 1.66. The molecule has 0 radical (unpaired) electrons. The van der Waals surface area contributed by atoms with Crippen molar-refractivity contribution in [3.8, 4) is 5.75 Å². The summed E-state index contributed by atoms with van der Waals surface area (Å²) >= 11 is 0. The number of hydrogen-bond acceptors (Lipinski definition) is 5. The maximum absolute atomic E-state index is 13.1. The zero-order valence-electron chi connectivity index (χ0n) is 17.5.